The van der Waals surface area contributed by atoms with Crippen molar-refractivity contribution in [1.82, 2.24) is 0 Å². The van der Waals surface area contributed by atoms with Crippen molar-refractivity contribution in [1.29, 1.82) is 0 Å². The van der Waals surface area contributed by atoms with Gasteiger partial charge in [-0.1, -0.05) is 0 Å². The minimum absolute atomic E-state index is 0. The second-order valence-electron chi connectivity index (χ2n) is 0. The molecule has 0 aromatic carbocycles. The molecule has 0 aliphatic carbocycles. The van der Waals surface area contributed by atoms with E-state index in [9.17, 15) is 0 Å². The van der Waals surface area contributed by atoms with Crippen LogP contribution < -0.4 is 0 Å². The van der Waals surface area contributed by atoms with Gasteiger partial charge in [-0.05, 0) is 0 Å². The average molecular weight is 105 g/mol. The Morgan fingerprint density at radius 1 is 0.500 bits per heavy atom. The summed E-state index contributed by atoms with van der Waals surface area (Å²) in [6.07, 6.45) is 0. The van der Waals surface area contributed by atoms with Crippen molar-refractivity contribution in [3.05, 3.63) is 22.3 Å². The van der Waals surface area contributed by atoms with Gasteiger partial charge in [0.2, 0.25) is 0 Å². The summed E-state index contributed by atoms with van der Waals surface area (Å²) in [5, 5.41) is 0. The zero-order valence-corrected chi connectivity index (χ0v) is 4.37. The second kappa shape index (κ2) is 89.2. The van der Waals surface area contributed by atoms with Gasteiger partial charge in [0.25, 0.3) is 0 Å². The number of hydrogen-bond donors (Lipinski definition) is 0. The second-order valence-corrected chi connectivity index (χ2v) is 0. The van der Waals surface area contributed by atoms with E-state index >= 15 is 0 Å². The van der Waals surface area contributed by atoms with Crippen LogP contribution in [0.4, 0.5) is 0 Å². The van der Waals surface area contributed by atoms with Crippen LogP contribution in [0.3, 0.4) is 0 Å². The molecule has 0 heterocycles. The van der Waals surface area contributed by atoms with Crippen molar-refractivity contribution in [2.45, 2.75) is 0 Å². The van der Waals surface area contributed by atoms with Crippen molar-refractivity contribution in [3.63, 3.8) is 0 Å². The summed E-state index contributed by atoms with van der Waals surface area (Å²) in [5.74, 6) is 0. The fourth-order valence-electron chi connectivity index (χ4n) is 0. The first-order valence-electron chi connectivity index (χ1n) is 0. The molecule has 0 saturated heterocycles. The van der Waals surface area contributed by atoms with E-state index in [-0.39, 0.29) is 38.8 Å². The Balaban J connectivity index is 0. The molecule has 35 valence electrons. The Morgan fingerprint density at radius 3 is 0.500 bits per heavy atom. The van der Waals surface area contributed by atoms with Crippen LogP contribution in [0.2, 0.25) is 0 Å². The van der Waals surface area contributed by atoms with Gasteiger partial charge in [0.05, 0.1) is 0 Å². The predicted octanol–water partition coefficient (Wildman–Crippen LogP) is 1.08. The van der Waals surface area contributed by atoms with E-state index < -0.39 is 0 Å². The van der Waals surface area contributed by atoms with E-state index in [2.05, 4.69) is 0 Å². The van der Waals surface area contributed by atoms with Gasteiger partial charge in [0, 0.05) is 0 Å². The van der Waals surface area contributed by atoms with Crippen molar-refractivity contribution < 1.29 is 16.5 Å². The first-order chi connectivity index (χ1) is 0. The molecule has 0 atom stereocenters. The van der Waals surface area contributed by atoms with Crippen molar-refractivity contribution >= 4 is 0 Å². The van der Waals surface area contributed by atoms with E-state index in [1.165, 1.54) is 0 Å². The summed E-state index contributed by atoms with van der Waals surface area (Å²) in [4.78, 5) is 0. The standard InChI is InChI=1S/3CH3.Ni.H/h3*1H3;;/q3*-1;;. The molecule has 0 aliphatic rings. The van der Waals surface area contributed by atoms with E-state index in [1.54, 1.807) is 0 Å². The Bertz CT molecular complexity index is 3.25. The van der Waals surface area contributed by atoms with Crippen LogP contribution in [0.15, 0.2) is 0 Å². The molecule has 0 aromatic heterocycles. The third-order valence-electron chi connectivity index (χ3n) is 0. The topological polar surface area (TPSA) is 0 Å². The molecule has 0 fully saturated rings. The molecule has 0 saturated carbocycles. The van der Waals surface area contributed by atoms with Crippen LogP contribution in [0.5, 0.6) is 0 Å². The molecule has 0 radical (unpaired) electrons. The number of hydrogen-bond acceptors (Lipinski definition) is 0. The Hall–Kier alpha value is 0.494. The summed E-state index contributed by atoms with van der Waals surface area (Å²) >= 11 is 0. The van der Waals surface area contributed by atoms with E-state index in [0.29, 0.717) is 0 Å². The third kappa shape index (κ3) is 22.8. The van der Waals surface area contributed by atoms with E-state index in [4.69, 9.17) is 0 Å². The van der Waals surface area contributed by atoms with Gasteiger partial charge in [-0.25, -0.2) is 0 Å². The Labute approximate surface area is 39.5 Å². The fourth-order valence-corrected chi connectivity index (χ4v) is 0. The van der Waals surface area contributed by atoms with Crippen LogP contribution in [0.25, 0.3) is 0 Å². The molecule has 0 spiro atoms. The molecule has 0 bridgehead atoms. The van der Waals surface area contributed by atoms with Gasteiger partial charge in [-0.3, -0.25) is 0 Å². The Morgan fingerprint density at radius 2 is 0.500 bits per heavy atom. The average Bonchev–Trinajstić information content (AvgIpc) is 0. The van der Waals surface area contributed by atoms with Crippen LogP contribution in [0, 0.1) is 22.3 Å². The van der Waals surface area contributed by atoms with Crippen LogP contribution in [0.1, 0.15) is 0 Å². The molecule has 0 unspecified atom stereocenters. The molecule has 1 heteroatoms. The fraction of sp³-hybridized carbons (Fsp3) is 0. The summed E-state index contributed by atoms with van der Waals surface area (Å²) in [6, 6.07) is 0. The summed E-state index contributed by atoms with van der Waals surface area (Å²) in [5.41, 5.74) is 0. The zero-order valence-electron chi connectivity index (χ0n) is 3.33. The molecule has 0 rings (SSSR count). The van der Waals surface area contributed by atoms with Crippen molar-refractivity contribution in [2.75, 3.05) is 0 Å². The third-order valence-corrected chi connectivity index (χ3v) is 0. The summed E-state index contributed by atoms with van der Waals surface area (Å²) in [6.45, 7) is 0. The van der Waals surface area contributed by atoms with E-state index in [0.717, 1.165) is 0 Å². The first kappa shape index (κ1) is 225. The summed E-state index contributed by atoms with van der Waals surface area (Å²) in [7, 11) is 0. The molecule has 0 aliphatic heterocycles. The maximum absolute atomic E-state index is 0. The van der Waals surface area contributed by atoms with Crippen LogP contribution in [-0.4, -0.2) is 0 Å². The van der Waals surface area contributed by atoms with Crippen LogP contribution >= 0.6 is 0 Å². The normalized spacial score (nSPS) is 0. The maximum atomic E-state index is 0. The van der Waals surface area contributed by atoms with E-state index in [1.807, 2.05) is 0 Å². The van der Waals surface area contributed by atoms with Crippen molar-refractivity contribution in [2.24, 2.45) is 0 Å². The molecule has 0 N–H and O–H groups in total. The van der Waals surface area contributed by atoms with Gasteiger partial charge < -0.3 is 22.3 Å². The molecule has 4 heavy (non-hydrogen) atoms. The first-order valence-corrected chi connectivity index (χ1v) is 0. The molecule has 0 amide bonds. The quantitative estimate of drug-likeness (QED) is 0.319. The van der Waals surface area contributed by atoms with Crippen molar-refractivity contribution in [3.8, 4) is 0 Å². The Kier molecular flexibility index (Phi) is 5020. The zero-order chi connectivity index (χ0) is 0. The van der Waals surface area contributed by atoms with Gasteiger partial charge >= 0.3 is 16.5 Å². The molecular weight excluding hydrogens is 94.7 g/mol. The minimum atomic E-state index is 0. The predicted molar refractivity (Wildman–Crippen MR) is 20.6 cm³/mol. The van der Waals surface area contributed by atoms with Gasteiger partial charge in [-0.2, -0.15) is 0 Å². The SMILES string of the molecule is [CH3-].[CH3-].[CH3-].[NiH]. The summed E-state index contributed by atoms with van der Waals surface area (Å²) < 4.78 is 0. The van der Waals surface area contributed by atoms with Gasteiger partial charge in [0.1, 0.15) is 0 Å². The molecular formula is C3H10Ni-3. The van der Waals surface area contributed by atoms with Gasteiger partial charge in [-0.15, -0.1) is 0 Å². The molecule has 0 nitrogen and oxygen atoms in total. The molecule has 0 aromatic rings. The monoisotopic (exact) mass is 104 g/mol. The van der Waals surface area contributed by atoms with Crippen LogP contribution in [-0.2, 0) is 16.5 Å². The number of rotatable bonds is 0. The van der Waals surface area contributed by atoms with Gasteiger partial charge in [0.15, 0.2) is 0 Å².